The first-order chi connectivity index (χ1) is 3.48. The standard InChI is InChI=1S/C4H7BF3.K/c1-3-4(2)5(6,7)8;/h3H,1-2H3;/q-1;+1/b4-3+;. The summed E-state index contributed by atoms with van der Waals surface area (Å²) < 4.78 is 34.3. The number of rotatable bonds is 1. The van der Waals surface area contributed by atoms with Crippen LogP contribution in [-0.2, 0) is 0 Å². The number of hydrogen-bond acceptors (Lipinski definition) is 0. The van der Waals surface area contributed by atoms with E-state index in [9.17, 15) is 12.9 Å². The zero-order chi connectivity index (χ0) is 6.78. The van der Waals surface area contributed by atoms with E-state index >= 15 is 0 Å². The van der Waals surface area contributed by atoms with Gasteiger partial charge in [0.1, 0.15) is 0 Å². The Morgan fingerprint density at radius 2 is 1.67 bits per heavy atom. The average Bonchev–Trinajstić information content (AvgIpc) is 1.62. The third-order valence-electron chi connectivity index (χ3n) is 0.972. The summed E-state index contributed by atoms with van der Waals surface area (Å²) in [6.07, 6.45) is 1.07. The zero-order valence-electron chi connectivity index (χ0n) is 5.79. The van der Waals surface area contributed by atoms with Gasteiger partial charge in [-0.15, -0.1) is 11.5 Å². The molecular weight excluding hydrogens is 155 g/mol. The minimum Gasteiger partial charge on any atom is -0.445 e. The minimum atomic E-state index is -4.70. The third kappa shape index (κ3) is 5.66. The second-order valence-electron chi connectivity index (χ2n) is 1.61. The van der Waals surface area contributed by atoms with Crippen molar-refractivity contribution in [1.29, 1.82) is 0 Å². The van der Waals surface area contributed by atoms with E-state index in [2.05, 4.69) is 0 Å². The fourth-order valence-electron chi connectivity index (χ4n) is 0.189. The van der Waals surface area contributed by atoms with E-state index < -0.39 is 12.4 Å². The Morgan fingerprint density at radius 1 is 1.33 bits per heavy atom. The van der Waals surface area contributed by atoms with Crippen LogP contribution in [0.1, 0.15) is 13.8 Å². The summed E-state index contributed by atoms with van der Waals surface area (Å²) in [4.78, 5) is 0. The molecule has 0 spiro atoms. The maximum atomic E-state index is 11.4. The first kappa shape index (κ1) is 12.9. The Labute approximate surface area is 95.4 Å². The van der Waals surface area contributed by atoms with E-state index in [0.29, 0.717) is 0 Å². The molecule has 48 valence electrons. The molecule has 0 aliphatic carbocycles. The molecule has 0 saturated carbocycles. The molecule has 0 N–H and O–H groups in total. The van der Waals surface area contributed by atoms with Crippen molar-refractivity contribution in [2.75, 3.05) is 0 Å². The van der Waals surface area contributed by atoms with Crippen LogP contribution >= 0.6 is 0 Å². The van der Waals surface area contributed by atoms with Crippen molar-refractivity contribution in [2.24, 2.45) is 0 Å². The first-order valence-corrected chi connectivity index (χ1v) is 2.31. The second-order valence-corrected chi connectivity index (χ2v) is 1.61. The topological polar surface area (TPSA) is 0 Å². The van der Waals surface area contributed by atoms with Crippen LogP contribution in [0.15, 0.2) is 11.5 Å². The van der Waals surface area contributed by atoms with E-state index in [1.165, 1.54) is 6.92 Å². The Balaban J connectivity index is 0. The molecule has 0 aromatic rings. The van der Waals surface area contributed by atoms with Crippen LogP contribution in [0.3, 0.4) is 0 Å². The zero-order valence-corrected chi connectivity index (χ0v) is 8.91. The maximum Gasteiger partial charge on any atom is 1.00 e. The normalized spacial score (nSPS) is 12.8. The third-order valence-corrected chi connectivity index (χ3v) is 0.972. The molecule has 0 bridgehead atoms. The van der Waals surface area contributed by atoms with Crippen LogP contribution < -0.4 is 51.4 Å². The molecule has 0 fully saturated rings. The van der Waals surface area contributed by atoms with Crippen LogP contribution in [-0.4, -0.2) is 6.98 Å². The Bertz CT molecular complexity index is 107. The molecule has 0 heterocycles. The molecule has 0 amide bonds. The van der Waals surface area contributed by atoms with Gasteiger partial charge in [0.2, 0.25) is 0 Å². The van der Waals surface area contributed by atoms with Crippen LogP contribution in [0.25, 0.3) is 0 Å². The molecule has 0 aromatic heterocycles. The van der Waals surface area contributed by atoms with Gasteiger partial charge in [0.15, 0.2) is 0 Å². The van der Waals surface area contributed by atoms with Crippen molar-refractivity contribution in [3.63, 3.8) is 0 Å². The SMILES string of the molecule is C/C=C(\C)[B-](F)(F)F.[K+]. The monoisotopic (exact) mass is 162 g/mol. The molecule has 0 unspecified atom stereocenters. The molecule has 5 heteroatoms. The van der Waals surface area contributed by atoms with Gasteiger partial charge in [-0.1, -0.05) is 6.92 Å². The van der Waals surface area contributed by atoms with Gasteiger partial charge in [-0.25, -0.2) is 0 Å². The minimum absolute atomic E-state index is 0. The summed E-state index contributed by atoms with van der Waals surface area (Å²) >= 11 is 0. The quantitative estimate of drug-likeness (QED) is 0.449. The van der Waals surface area contributed by atoms with Gasteiger partial charge < -0.3 is 12.9 Å². The molecule has 0 aliphatic heterocycles. The second kappa shape index (κ2) is 4.96. The van der Waals surface area contributed by atoms with E-state index in [1.807, 2.05) is 0 Å². The van der Waals surface area contributed by atoms with Gasteiger partial charge in [0.05, 0.1) is 0 Å². The predicted octanol–water partition coefficient (Wildman–Crippen LogP) is -0.657. The van der Waals surface area contributed by atoms with Crippen LogP contribution in [0.5, 0.6) is 0 Å². The largest absolute Gasteiger partial charge is 1.00 e. The molecule has 0 atom stereocenters. The van der Waals surface area contributed by atoms with Crippen LogP contribution in [0, 0.1) is 0 Å². The van der Waals surface area contributed by atoms with Gasteiger partial charge in [0.25, 0.3) is 0 Å². The van der Waals surface area contributed by atoms with Gasteiger partial charge in [-0.05, 0) is 6.92 Å². The Morgan fingerprint density at radius 3 is 1.67 bits per heavy atom. The molecule has 0 aliphatic rings. The summed E-state index contributed by atoms with van der Waals surface area (Å²) in [5, 5.41) is 0. The fraction of sp³-hybridized carbons (Fsp3) is 0.500. The van der Waals surface area contributed by atoms with Crippen molar-refractivity contribution in [3.8, 4) is 0 Å². The van der Waals surface area contributed by atoms with Crippen molar-refractivity contribution < 1.29 is 64.3 Å². The summed E-state index contributed by atoms with van der Waals surface area (Å²) in [5.74, 6) is 0. The van der Waals surface area contributed by atoms with Crippen molar-refractivity contribution in [3.05, 3.63) is 11.5 Å². The Hall–Kier alpha value is 1.23. The molecule has 9 heavy (non-hydrogen) atoms. The van der Waals surface area contributed by atoms with Gasteiger partial charge >= 0.3 is 58.4 Å². The van der Waals surface area contributed by atoms with Gasteiger partial charge in [-0.3, -0.25) is 0 Å². The van der Waals surface area contributed by atoms with E-state index in [4.69, 9.17) is 0 Å². The first-order valence-electron chi connectivity index (χ1n) is 2.31. The molecule has 0 saturated heterocycles. The summed E-state index contributed by atoms with van der Waals surface area (Å²) in [6, 6.07) is 0. The summed E-state index contributed by atoms with van der Waals surface area (Å²) in [5.41, 5.74) is -0.481. The van der Waals surface area contributed by atoms with Crippen LogP contribution in [0.4, 0.5) is 12.9 Å². The van der Waals surface area contributed by atoms with E-state index in [-0.39, 0.29) is 51.4 Å². The summed E-state index contributed by atoms with van der Waals surface area (Å²) in [6.45, 7) is -2.25. The summed E-state index contributed by atoms with van der Waals surface area (Å²) in [7, 11) is 0. The fourth-order valence-corrected chi connectivity index (χ4v) is 0.189. The smallest absolute Gasteiger partial charge is 0.445 e. The van der Waals surface area contributed by atoms with Crippen molar-refractivity contribution in [1.82, 2.24) is 0 Å². The van der Waals surface area contributed by atoms with E-state index in [1.54, 1.807) is 0 Å². The number of halogens is 3. The average molecular weight is 162 g/mol. The van der Waals surface area contributed by atoms with Gasteiger partial charge in [0, 0.05) is 0 Å². The molecule has 0 nitrogen and oxygen atoms in total. The molecule has 0 rings (SSSR count). The number of hydrogen-bond donors (Lipinski definition) is 0. The Kier molecular flexibility index (Phi) is 7.09. The van der Waals surface area contributed by atoms with Crippen molar-refractivity contribution >= 4 is 6.98 Å². The molecule has 0 aromatic carbocycles. The van der Waals surface area contributed by atoms with Crippen molar-refractivity contribution in [2.45, 2.75) is 13.8 Å². The van der Waals surface area contributed by atoms with E-state index in [0.717, 1.165) is 13.0 Å². The number of allylic oxidation sites excluding steroid dienone is 2. The molecular formula is C4H7BF3K. The maximum absolute atomic E-state index is 11.4. The van der Waals surface area contributed by atoms with Gasteiger partial charge in [-0.2, -0.15) is 0 Å². The van der Waals surface area contributed by atoms with Crippen LogP contribution in [0.2, 0.25) is 0 Å². The predicted molar refractivity (Wildman–Crippen MR) is 28.5 cm³/mol. The molecule has 0 radical (unpaired) electrons.